The van der Waals surface area contributed by atoms with Gasteiger partial charge in [-0.05, 0) is 31.7 Å². The maximum absolute atomic E-state index is 12.8. The molecule has 1 aromatic rings. The van der Waals surface area contributed by atoms with E-state index in [-0.39, 0.29) is 17.4 Å². The van der Waals surface area contributed by atoms with E-state index < -0.39 is 0 Å². The average Bonchev–Trinajstić information content (AvgIpc) is 2.97. The second-order valence-electron chi connectivity index (χ2n) is 6.98. The third-order valence-corrected chi connectivity index (χ3v) is 5.32. The maximum atomic E-state index is 12.8. The molecule has 114 valence electrons. The lowest BCUT2D eigenvalue weighted by molar-refractivity contribution is -0.137. The van der Waals surface area contributed by atoms with Gasteiger partial charge in [0.15, 0.2) is 0 Å². The molecule has 1 amide bonds. The summed E-state index contributed by atoms with van der Waals surface area (Å²) in [6.07, 6.45) is 5.30. The maximum Gasteiger partial charge on any atom is 0.227 e. The molecule has 0 aromatic heterocycles. The van der Waals surface area contributed by atoms with Crippen molar-refractivity contribution in [3.05, 3.63) is 35.9 Å². The van der Waals surface area contributed by atoms with Crippen molar-refractivity contribution in [3.8, 4) is 0 Å². The van der Waals surface area contributed by atoms with Gasteiger partial charge in [-0.25, -0.2) is 0 Å². The van der Waals surface area contributed by atoms with Gasteiger partial charge in [0, 0.05) is 24.5 Å². The summed E-state index contributed by atoms with van der Waals surface area (Å²) in [5.74, 6) is 0.793. The van der Waals surface area contributed by atoms with Crippen LogP contribution in [0.4, 0.5) is 0 Å². The van der Waals surface area contributed by atoms with Crippen LogP contribution in [-0.4, -0.2) is 29.4 Å². The third-order valence-electron chi connectivity index (χ3n) is 5.32. The molecule has 0 radical (unpaired) electrons. The highest BCUT2D eigenvalue weighted by Gasteiger charge is 2.41. The van der Waals surface area contributed by atoms with Crippen LogP contribution in [0.3, 0.4) is 0 Å². The Hall–Kier alpha value is -1.35. The highest BCUT2D eigenvalue weighted by atomic mass is 16.2. The summed E-state index contributed by atoms with van der Waals surface area (Å²) in [6, 6.07) is 10.6. The van der Waals surface area contributed by atoms with Crippen LogP contribution in [0.25, 0.3) is 0 Å². The molecule has 21 heavy (non-hydrogen) atoms. The minimum Gasteiger partial charge on any atom is -0.342 e. The highest BCUT2D eigenvalue weighted by molar-refractivity contribution is 5.80. The monoisotopic (exact) mass is 286 g/mol. The van der Waals surface area contributed by atoms with E-state index in [1.807, 2.05) is 6.07 Å². The molecule has 1 aliphatic carbocycles. The quantitative estimate of drug-likeness (QED) is 0.908. The van der Waals surface area contributed by atoms with Crippen molar-refractivity contribution in [2.24, 2.45) is 11.7 Å². The van der Waals surface area contributed by atoms with Crippen LogP contribution in [0.1, 0.15) is 50.5 Å². The molecule has 0 bridgehead atoms. The van der Waals surface area contributed by atoms with E-state index in [0.717, 1.165) is 45.2 Å². The van der Waals surface area contributed by atoms with Crippen LogP contribution >= 0.6 is 0 Å². The van der Waals surface area contributed by atoms with Gasteiger partial charge >= 0.3 is 0 Å². The summed E-state index contributed by atoms with van der Waals surface area (Å²) >= 11 is 0. The molecular formula is C18H26N2O. The Morgan fingerprint density at radius 3 is 2.71 bits per heavy atom. The van der Waals surface area contributed by atoms with Crippen LogP contribution < -0.4 is 5.73 Å². The van der Waals surface area contributed by atoms with E-state index in [1.165, 1.54) is 5.56 Å². The summed E-state index contributed by atoms with van der Waals surface area (Å²) in [7, 11) is 0. The Labute approximate surface area is 127 Å². The molecule has 2 N–H and O–H groups in total. The van der Waals surface area contributed by atoms with Crippen LogP contribution in [0, 0.1) is 5.92 Å². The fraction of sp³-hybridized carbons (Fsp3) is 0.611. The van der Waals surface area contributed by atoms with E-state index in [2.05, 4.69) is 36.1 Å². The number of likely N-dealkylation sites (tertiary alicyclic amines) is 1. The van der Waals surface area contributed by atoms with Crippen molar-refractivity contribution in [1.29, 1.82) is 0 Å². The standard InChI is InChI=1S/C18H26N2O/c1-18(19)11-6-5-9-16(18)17(21)20-12-10-15(13-20)14-7-3-2-4-8-14/h2-4,7-8,15-16H,5-6,9-13,19H2,1H3. The van der Waals surface area contributed by atoms with E-state index in [0.29, 0.717) is 5.92 Å². The molecule has 3 rings (SSSR count). The van der Waals surface area contributed by atoms with Crippen molar-refractivity contribution in [1.82, 2.24) is 4.90 Å². The van der Waals surface area contributed by atoms with Crippen molar-refractivity contribution in [2.75, 3.05) is 13.1 Å². The van der Waals surface area contributed by atoms with Gasteiger partial charge in [-0.15, -0.1) is 0 Å². The van der Waals surface area contributed by atoms with Gasteiger partial charge in [-0.1, -0.05) is 43.2 Å². The van der Waals surface area contributed by atoms with Crippen LogP contribution in [0.2, 0.25) is 0 Å². The lowest BCUT2D eigenvalue weighted by atomic mass is 9.74. The first-order valence-electron chi connectivity index (χ1n) is 8.20. The number of nitrogens with zero attached hydrogens (tertiary/aromatic N) is 1. The van der Waals surface area contributed by atoms with Gasteiger partial charge in [0.1, 0.15) is 0 Å². The lowest BCUT2D eigenvalue weighted by Crippen LogP contribution is -2.53. The molecule has 1 aromatic carbocycles. The molecule has 2 fully saturated rings. The van der Waals surface area contributed by atoms with Crippen molar-refractivity contribution in [3.63, 3.8) is 0 Å². The molecule has 3 atom stereocenters. The predicted octanol–water partition coefficient (Wildman–Crippen LogP) is 2.91. The molecule has 1 aliphatic heterocycles. The van der Waals surface area contributed by atoms with Crippen molar-refractivity contribution in [2.45, 2.75) is 50.5 Å². The first-order valence-corrected chi connectivity index (χ1v) is 8.20. The Balaban J connectivity index is 1.67. The van der Waals surface area contributed by atoms with Crippen molar-refractivity contribution >= 4 is 5.91 Å². The Kier molecular flexibility index (Phi) is 4.03. The fourth-order valence-corrected chi connectivity index (χ4v) is 3.94. The molecular weight excluding hydrogens is 260 g/mol. The molecule has 3 nitrogen and oxygen atoms in total. The zero-order valence-corrected chi connectivity index (χ0v) is 12.9. The number of nitrogens with two attached hydrogens (primary N) is 1. The largest absolute Gasteiger partial charge is 0.342 e. The first kappa shape index (κ1) is 14.6. The van der Waals surface area contributed by atoms with Gasteiger partial charge in [-0.3, -0.25) is 4.79 Å². The summed E-state index contributed by atoms with van der Waals surface area (Å²) < 4.78 is 0. The molecule has 1 saturated carbocycles. The van der Waals surface area contributed by atoms with Gasteiger partial charge < -0.3 is 10.6 Å². The number of carbonyl (C=O) groups excluding carboxylic acids is 1. The van der Waals surface area contributed by atoms with E-state index >= 15 is 0 Å². The minimum atomic E-state index is -0.319. The lowest BCUT2D eigenvalue weighted by Gasteiger charge is -2.39. The first-order chi connectivity index (χ1) is 10.1. The molecule has 1 saturated heterocycles. The third kappa shape index (κ3) is 2.98. The van der Waals surface area contributed by atoms with E-state index in [4.69, 9.17) is 5.73 Å². The highest BCUT2D eigenvalue weighted by Crippen LogP contribution is 2.35. The van der Waals surface area contributed by atoms with E-state index in [9.17, 15) is 4.79 Å². The van der Waals surface area contributed by atoms with Gasteiger partial charge in [0.05, 0.1) is 5.92 Å². The fourth-order valence-electron chi connectivity index (χ4n) is 3.94. The van der Waals surface area contributed by atoms with Crippen molar-refractivity contribution < 1.29 is 4.79 Å². The Bertz CT molecular complexity index is 497. The topological polar surface area (TPSA) is 46.3 Å². The summed E-state index contributed by atoms with van der Waals surface area (Å²) in [4.78, 5) is 14.9. The van der Waals surface area contributed by atoms with Crippen LogP contribution in [0.5, 0.6) is 0 Å². The molecule has 0 spiro atoms. The van der Waals surface area contributed by atoms with Gasteiger partial charge in [0.2, 0.25) is 5.91 Å². The molecule has 2 aliphatic rings. The smallest absolute Gasteiger partial charge is 0.227 e. The molecule has 3 unspecified atom stereocenters. The number of carbonyl (C=O) groups is 1. The zero-order chi connectivity index (χ0) is 14.9. The number of benzene rings is 1. The Morgan fingerprint density at radius 1 is 1.24 bits per heavy atom. The van der Waals surface area contributed by atoms with Gasteiger partial charge in [0.25, 0.3) is 0 Å². The molecule has 3 heteroatoms. The van der Waals surface area contributed by atoms with Gasteiger partial charge in [-0.2, -0.15) is 0 Å². The Morgan fingerprint density at radius 2 is 2.00 bits per heavy atom. The second-order valence-corrected chi connectivity index (χ2v) is 6.98. The zero-order valence-electron chi connectivity index (χ0n) is 12.9. The summed E-state index contributed by atoms with van der Waals surface area (Å²) in [5.41, 5.74) is 7.42. The predicted molar refractivity (Wildman–Crippen MR) is 84.9 cm³/mol. The minimum absolute atomic E-state index is 0.0146. The molecule has 1 heterocycles. The number of rotatable bonds is 2. The number of hydrogen-bond donors (Lipinski definition) is 1. The van der Waals surface area contributed by atoms with Crippen LogP contribution in [-0.2, 0) is 4.79 Å². The second kappa shape index (κ2) is 5.80. The summed E-state index contributed by atoms with van der Waals surface area (Å²) in [6.45, 7) is 3.79. The van der Waals surface area contributed by atoms with E-state index in [1.54, 1.807) is 0 Å². The number of amides is 1. The average molecular weight is 286 g/mol. The normalized spacial score (nSPS) is 33.1. The number of hydrogen-bond acceptors (Lipinski definition) is 2. The SMILES string of the molecule is CC1(N)CCCCC1C(=O)N1CCC(c2ccccc2)C1. The van der Waals surface area contributed by atoms with Crippen LogP contribution in [0.15, 0.2) is 30.3 Å². The summed E-state index contributed by atoms with van der Waals surface area (Å²) in [5, 5.41) is 0.